The van der Waals surface area contributed by atoms with Gasteiger partial charge in [-0.05, 0) is 96.1 Å². The lowest BCUT2D eigenvalue weighted by Gasteiger charge is -2.14. The topological polar surface area (TPSA) is 84.9 Å². The Hall–Kier alpha value is -3.31. The minimum absolute atomic E-state index is 0.237. The van der Waals surface area contributed by atoms with Crippen molar-refractivity contribution < 1.29 is 23.9 Å². The Morgan fingerprint density at radius 3 is 2.42 bits per heavy atom. The van der Waals surface area contributed by atoms with Crippen LogP contribution in [0.3, 0.4) is 0 Å². The molecular formula is C29H27IN2O5S. The average Bonchev–Trinajstić information content (AvgIpc) is 3.13. The van der Waals surface area contributed by atoms with E-state index in [1.807, 2.05) is 63.2 Å². The molecule has 3 amide bonds. The SMILES string of the molecule is COc1cc(/C=C2\SC(=O)N(CC(=O)Nc3ccc(C)cc3C)C2=O)cc(I)c1OCc1ccc(C)cc1. The zero-order valence-electron chi connectivity index (χ0n) is 21.5. The van der Waals surface area contributed by atoms with Crippen molar-refractivity contribution in [2.75, 3.05) is 19.0 Å². The van der Waals surface area contributed by atoms with Gasteiger partial charge in [-0.2, -0.15) is 0 Å². The zero-order chi connectivity index (χ0) is 27.4. The molecule has 38 heavy (non-hydrogen) atoms. The van der Waals surface area contributed by atoms with Crippen LogP contribution in [0, 0.1) is 24.3 Å². The summed E-state index contributed by atoms with van der Waals surface area (Å²) in [5, 5.41) is 2.29. The molecule has 3 aromatic rings. The molecule has 0 aromatic heterocycles. The molecule has 0 atom stereocenters. The van der Waals surface area contributed by atoms with E-state index in [9.17, 15) is 14.4 Å². The Morgan fingerprint density at radius 2 is 1.74 bits per heavy atom. The molecular weight excluding hydrogens is 615 g/mol. The molecule has 0 saturated carbocycles. The second kappa shape index (κ2) is 12.0. The Morgan fingerprint density at radius 1 is 1.03 bits per heavy atom. The molecule has 1 aliphatic rings. The van der Waals surface area contributed by atoms with E-state index in [-0.39, 0.29) is 11.4 Å². The van der Waals surface area contributed by atoms with Crippen LogP contribution in [-0.4, -0.2) is 35.6 Å². The molecule has 196 valence electrons. The maximum atomic E-state index is 13.0. The second-order valence-electron chi connectivity index (χ2n) is 8.94. The third kappa shape index (κ3) is 6.57. The highest BCUT2D eigenvalue weighted by molar-refractivity contribution is 14.1. The summed E-state index contributed by atoms with van der Waals surface area (Å²) < 4.78 is 12.4. The number of carbonyl (C=O) groups excluding carboxylic acids is 3. The molecule has 7 nitrogen and oxygen atoms in total. The minimum Gasteiger partial charge on any atom is -0.493 e. The third-order valence-electron chi connectivity index (χ3n) is 5.88. The Bertz CT molecular complexity index is 1440. The van der Waals surface area contributed by atoms with E-state index < -0.39 is 17.1 Å². The molecule has 1 aliphatic heterocycles. The van der Waals surface area contributed by atoms with Crippen LogP contribution in [0.25, 0.3) is 6.08 Å². The van der Waals surface area contributed by atoms with Crippen LogP contribution in [0.5, 0.6) is 11.5 Å². The fourth-order valence-corrected chi connectivity index (χ4v) is 5.50. The van der Waals surface area contributed by atoms with Crippen LogP contribution in [0.2, 0.25) is 0 Å². The first-order chi connectivity index (χ1) is 18.1. The predicted molar refractivity (Wildman–Crippen MR) is 158 cm³/mol. The summed E-state index contributed by atoms with van der Waals surface area (Å²) in [4.78, 5) is 39.3. The number of halogens is 1. The summed E-state index contributed by atoms with van der Waals surface area (Å²) in [6.45, 7) is 5.91. The quantitative estimate of drug-likeness (QED) is 0.224. The van der Waals surface area contributed by atoms with Gasteiger partial charge >= 0.3 is 0 Å². The van der Waals surface area contributed by atoms with Gasteiger partial charge in [0.05, 0.1) is 15.6 Å². The lowest BCUT2D eigenvalue weighted by atomic mass is 10.1. The van der Waals surface area contributed by atoms with Gasteiger partial charge < -0.3 is 14.8 Å². The average molecular weight is 643 g/mol. The van der Waals surface area contributed by atoms with Crippen molar-refractivity contribution in [2.24, 2.45) is 0 Å². The summed E-state index contributed by atoms with van der Waals surface area (Å²) >= 11 is 2.96. The molecule has 1 saturated heterocycles. The number of hydrogen-bond donors (Lipinski definition) is 1. The first-order valence-corrected chi connectivity index (χ1v) is 13.7. The summed E-state index contributed by atoms with van der Waals surface area (Å²) in [7, 11) is 1.55. The molecule has 1 fully saturated rings. The zero-order valence-corrected chi connectivity index (χ0v) is 24.4. The highest BCUT2D eigenvalue weighted by Crippen LogP contribution is 2.37. The van der Waals surface area contributed by atoms with Gasteiger partial charge in [0.1, 0.15) is 13.2 Å². The number of methoxy groups -OCH3 is 1. The minimum atomic E-state index is -0.510. The first kappa shape index (κ1) is 27.7. The number of benzene rings is 3. The fraction of sp³-hybridized carbons (Fsp3) is 0.207. The second-order valence-corrected chi connectivity index (χ2v) is 11.1. The Kier molecular flexibility index (Phi) is 8.78. The van der Waals surface area contributed by atoms with Crippen LogP contribution >= 0.6 is 34.4 Å². The smallest absolute Gasteiger partial charge is 0.294 e. The number of nitrogens with zero attached hydrogens (tertiary/aromatic N) is 1. The number of carbonyl (C=O) groups is 3. The molecule has 0 spiro atoms. The van der Waals surface area contributed by atoms with Crippen molar-refractivity contribution in [3.8, 4) is 11.5 Å². The van der Waals surface area contributed by atoms with Gasteiger partial charge in [-0.25, -0.2) is 0 Å². The number of imide groups is 1. The van der Waals surface area contributed by atoms with Crippen molar-refractivity contribution in [1.29, 1.82) is 0 Å². The summed E-state index contributed by atoms with van der Waals surface area (Å²) in [5.74, 6) is 0.167. The van der Waals surface area contributed by atoms with E-state index in [1.54, 1.807) is 25.3 Å². The van der Waals surface area contributed by atoms with Crippen molar-refractivity contribution in [1.82, 2.24) is 4.90 Å². The number of thioether (sulfide) groups is 1. The first-order valence-electron chi connectivity index (χ1n) is 11.8. The molecule has 0 bridgehead atoms. The van der Waals surface area contributed by atoms with Crippen LogP contribution in [0.1, 0.15) is 27.8 Å². The van der Waals surface area contributed by atoms with Gasteiger partial charge in [0.2, 0.25) is 5.91 Å². The molecule has 3 aromatic carbocycles. The lowest BCUT2D eigenvalue weighted by molar-refractivity contribution is -0.127. The lowest BCUT2D eigenvalue weighted by Crippen LogP contribution is -2.36. The largest absolute Gasteiger partial charge is 0.493 e. The van der Waals surface area contributed by atoms with Gasteiger partial charge in [-0.15, -0.1) is 0 Å². The predicted octanol–water partition coefficient (Wildman–Crippen LogP) is 6.48. The monoisotopic (exact) mass is 642 g/mol. The molecule has 0 aliphatic carbocycles. The number of amides is 3. The number of anilines is 1. The van der Waals surface area contributed by atoms with Crippen molar-refractivity contribution >= 4 is 63.2 Å². The highest BCUT2D eigenvalue weighted by atomic mass is 127. The molecule has 0 radical (unpaired) electrons. The molecule has 4 rings (SSSR count). The van der Waals surface area contributed by atoms with E-state index in [2.05, 4.69) is 27.9 Å². The third-order valence-corrected chi connectivity index (χ3v) is 7.59. The van der Waals surface area contributed by atoms with Gasteiger partial charge in [-0.1, -0.05) is 47.5 Å². The van der Waals surface area contributed by atoms with Crippen molar-refractivity contribution in [3.63, 3.8) is 0 Å². The summed E-state index contributed by atoms with van der Waals surface area (Å²) in [5.41, 5.74) is 5.52. The number of aryl methyl sites for hydroxylation is 3. The molecule has 9 heteroatoms. The Balaban J connectivity index is 1.46. The van der Waals surface area contributed by atoms with E-state index in [0.29, 0.717) is 29.4 Å². The van der Waals surface area contributed by atoms with Crippen LogP contribution in [0.15, 0.2) is 59.5 Å². The van der Waals surface area contributed by atoms with Crippen LogP contribution < -0.4 is 14.8 Å². The fourth-order valence-electron chi connectivity index (χ4n) is 3.88. The number of rotatable bonds is 8. The maximum Gasteiger partial charge on any atom is 0.294 e. The summed E-state index contributed by atoms with van der Waals surface area (Å²) in [6, 6.07) is 17.4. The van der Waals surface area contributed by atoms with Gasteiger partial charge in [0.15, 0.2) is 11.5 Å². The van der Waals surface area contributed by atoms with Crippen molar-refractivity contribution in [3.05, 3.63) is 90.9 Å². The maximum absolute atomic E-state index is 13.0. The number of hydrogen-bond acceptors (Lipinski definition) is 6. The highest BCUT2D eigenvalue weighted by Gasteiger charge is 2.36. The van der Waals surface area contributed by atoms with E-state index in [1.165, 1.54) is 5.56 Å². The molecule has 1 N–H and O–H groups in total. The van der Waals surface area contributed by atoms with Gasteiger partial charge in [0, 0.05) is 5.69 Å². The Labute approximate surface area is 239 Å². The van der Waals surface area contributed by atoms with Crippen molar-refractivity contribution in [2.45, 2.75) is 27.4 Å². The number of nitrogens with one attached hydrogen (secondary N) is 1. The van der Waals surface area contributed by atoms with Crippen LogP contribution in [0.4, 0.5) is 10.5 Å². The van der Waals surface area contributed by atoms with Gasteiger partial charge in [0.25, 0.3) is 11.1 Å². The number of ether oxygens (including phenoxy) is 2. The normalized spacial score (nSPS) is 14.2. The van der Waals surface area contributed by atoms with E-state index in [4.69, 9.17) is 9.47 Å². The van der Waals surface area contributed by atoms with E-state index in [0.717, 1.165) is 36.9 Å². The van der Waals surface area contributed by atoms with Crippen LogP contribution in [-0.2, 0) is 16.2 Å². The molecule has 1 heterocycles. The van der Waals surface area contributed by atoms with E-state index >= 15 is 0 Å². The van der Waals surface area contributed by atoms with Gasteiger partial charge in [-0.3, -0.25) is 19.3 Å². The molecule has 0 unspecified atom stereocenters. The standard InChI is InChI=1S/C29H27IN2O5S/c1-17-5-8-20(9-6-17)16-37-27-22(30)12-21(13-24(27)36-4)14-25-28(34)32(29(35)38-25)15-26(33)31-23-10-7-18(2)11-19(23)3/h5-14H,15-16H2,1-4H3,(H,31,33)/b25-14-. The summed E-state index contributed by atoms with van der Waals surface area (Å²) in [6.07, 6.45) is 1.63.